The van der Waals surface area contributed by atoms with Crippen molar-refractivity contribution in [1.82, 2.24) is 4.57 Å². The van der Waals surface area contributed by atoms with Gasteiger partial charge in [0.2, 0.25) is 0 Å². The Morgan fingerprint density at radius 3 is 2.38 bits per heavy atom. The van der Waals surface area contributed by atoms with Crippen LogP contribution in [0, 0.1) is 13.8 Å². The van der Waals surface area contributed by atoms with Crippen molar-refractivity contribution in [3.8, 4) is 5.75 Å². The predicted octanol–water partition coefficient (Wildman–Crippen LogP) is 3.97. The van der Waals surface area contributed by atoms with Crippen molar-refractivity contribution in [2.45, 2.75) is 27.2 Å². The highest BCUT2D eigenvalue weighted by Gasteiger charge is 2.21. The van der Waals surface area contributed by atoms with E-state index in [4.69, 9.17) is 4.74 Å². The third-order valence-corrected chi connectivity index (χ3v) is 4.45. The molecule has 1 N–H and O–H groups in total. The topological polar surface area (TPSA) is 68.5 Å². The van der Waals surface area contributed by atoms with Crippen molar-refractivity contribution in [3.05, 3.63) is 64.8 Å². The average Bonchev–Trinajstić information content (AvgIpc) is 2.87. The maximum absolute atomic E-state index is 13.1. The van der Waals surface area contributed by atoms with Gasteiger partial charge >= 0.3 is 5.97 Å². The lowest BCUT2D eigenvalue weighted by Gasteiger charge is -2.08. The van der Waals surface area contributed by atoms with Crippen molar-refractivity contribution in [2.75, 3.05) is 6.61 Å². The molecule has 0 bridgehead atoms. The molecule has 0 aliphatic carbocycles. The molecule has 3 aromatic rings. The van der Waals surface area contributed by atoms with Gasteiger partial charge in [0, 0.05) is 16.6 Å². The van der Waals surface area contributed by atoms with Crippen LogP contribution in [-0.4, -0.2) is 28.2 Å². The van der Waals surface area contributed by atoms with Gasteiger partial charge < -0.3 is 9.84 Å². The van der Waals surface area contributed by atoms with Gasteiger partial charge in [-0.3, -0.25) is 14.2 Å². The molecule has 0 spiro atoms. The van der Waals surface area contributed by atoms with Crippen molar-refractivity contribution in [3.63, 3.8) is 0 Å². The van der Waals surface area contributed by atoms with E-state index in [1.54, 1.807) is 29.7 Å². The lowest BCUT2D eigenvalue weighted by Crippen LogP contribution is -2.14. The summed E-state index contributed by atoms with van der Waals surface area (Å²) in [6.07, 6.45) is -0.147. The van der Waals surface area contributed by atoms with Gasteiger partial charge in [0.15, 0.2) is 0 Å². The third kappa shape index (κ3) is 3.20. The summed E-state index contributed by atoms with van der Waals surface area (Å²) < 4.78 is 7.13. The SMILES string of the molecule is CCOc1ccc2c(c1)c(CC(=O)O)c(C)n2C(=O)c1ccc(C)cc1. The van der Waals surface area contributed by atoms with E-state index in [1.807, 2.05) is 38.1 Å². The van der Waals surface area contributed by atoms with E-state index in [-0.39, 0.29) is 12.3 Å². The average molecular weight is 351 g/mol. The maximum Gasteiger partial charge on any atom is 0.307 e. The van der Waals surface area contributed by atoms with Crippen LogP contribution in [0.5, 0.6) is 5.75 Å². The number of nitrogens with zero attached hydrogens (tertiary/aromatic N) is 1. The van der Waals surface area contributed by atoms with Crippen LogP contribution in [0.1, 0.15) is 34.1 Å². The molecule has 1 aromatic heterocycles. The van der Waals surface area contributed by atoms with Crippen LogP contribution >= 0.6 is 0 Å². The quantitative estimate of drug-likeness (QED) is 0.755. The van der Waals surface area contributed by atoms with Gasteiger partial charge in [0.25, 0.3) is 5.91 Å². The summed E-state index contributed by atoms with van der Waals surface area (Å²) in [5.41, 5.74) is 3.60. The van der Waals surface area contributed by atoms with Gasteiger partial charge in [-0.25, -0.2) is 0 Å². The molecule has 0 radical (unpaired) electrons. The van der Waals surface area contributed by atoms with Gasteiger partial charge in [-0.1, -0.05) is 17.7 Å². The van der Waals surface area contributed by atoms with Gasteiger partial charge in [-0.05, 0) is 56.7 Å². The Bertz CT molecular complexity index is 983. The fourth-order valence-corrected chi connectivity index (χ4v) is 3.18. The smallest absolute Gasteiger partial charge is 0.307 e. The number of fused-ring (bicyclic) bond motifs is 1. The first kappa shape index (κ1) is 17.7. The van der Waals surface area contributed by atoms with E-state index >= 15 is 0 Å². The normalized spacial score (nSPS) is 10.9. The van der Waals surface area contributed by atoms with Crippen LogP contribution in [0.25, 0.3) is 10.9 Å². The molecule has 26 heavy (non-hydrogen) atoms. The van der Waals surface area contributed by atoms with Crippen molar-refractivity contribution in [2.24, 2.45) is 0 Å². The molecule has 1 heterocycles. The Labute approximate surface area is 151 Å². The number of benzene rings is 2. The number of hydrogen-bond donors (Lipinski definition) is 1. The number of carbonyl (C=O) groups is 2. The summed E-state index contributed by atoms with van der Waals surface area (Å²) >= 11 is 0. The lowest BCUT2D eigenvalue weighted by molar-refractivity contribution is -0.136. The lowest BCUT2D eigenvalue weighted by atomic mass is 10.1. The highest BCUT2D eigenvalue weighted by Crippen LogP contribution is 2.30. The Morgan fingerprint density at radius 1 is 1.08 bits per heavy atom. The first-order valence-electron chi connectivity index (χ1n) is 8.52. The second-order valence-electron chi connectivity index (χ2n) is 6.25. The van der Waals surface area contributed by atoms with Crippen LogP contribution in [0.4, 0.5) is 0 Å². The molecule has 0 unspecified atom stereocenters. The fourth-order valence-electron chi connectivity index (χ4n) is 3.18. The summed E-state index contributed by atoms with van der Waals surface area (Å²) in [5, 5.41) is 10.0. The number of rotatable bonds is 5. The fraction of sp³-hybridized carbons (Fsp3) is 0.238. The zero-order valence-corrected chi connectivity index (χ0v) is 15.1. The third-order valence-electron chi connectivity index (χ3n) is 4.45. The molecule has 3 rings (SSSR count). The number of carboxylic acids is 1. The molecule has 2 aromatic carbocycles. The predicted molar refractivity (Wildman–Crippen MR) is 100 cm³/mol. The summed E-state index contributed by atoms with van der Waals surface area (Å²) in [5.74, 6) is -0.448. The van der Waals surface area contributed by atoms with E-state index in [9.17, 15) is 14.7 Å². The number of aromatic nitrogens is 1. The monoisotopic (exact) mass is 351 g/mol. The summed E-state index contributed by atoms with van der Waals surface area (Å²) in [4.78, 5) is 24.4. The minimum Gasteiger partial charge on any atom is -0.494 e. The minimum atomic E-state index is -0.934. The number of carbonyl (C=O) groups excluding carboxylic acids is 1. The highest BCUT2D eigenvalue weighted by molar-refractivity contribution is 6.04. The summed E-state index contributed by atoms with van der Waals surface area (Å²) in [7, 11) is 0. The maximum atomic E-state index is 13.1. The Kier molecular flexibility index (Phi) is 4.80. The summed E-state index contributed by atoms with van der Waals surface area (Å²) in [6, 6.07) is 12.8. The summed E-state index contributed by atoms with van der Waals surface area (Å²) in [6.45, 7) is 6.15. The molecule has 0 aliphatic heterocycles. The van der Waals surface area contributed by atoms with E-state index in [0.29, 0.717) is 34.7 Å². The first-order valence-corrected chi connectivity index (χ1v) is 8.52. The molecule has 0 fully saturated rings. The molecule has 0 atom stereocenters. The van der Waals surface area contributed by atoms with Gasteiger partial charge in [-0.2, -0.15) is 0 Å². The van der Waals surface area contributed by atoms with Gasteiger partial charge in [0.1, 0.15) is 5.75 Å². The Hall–Kier alpha value is -3.08. The number of aryl methyl sites for hydroxylation is 1. The molecule has 5 nitrogen and oxygen atoms in total. The van der Waals surface area contributed by atoms with E-state index < -0.39 is 5.97 Å². The van der Waals surface area contributed by atoms with Gasteiger partial charge in [-0.15, -0.1) is 0 Å². The molecule has 0 saturated heterocycles. The van der Waals surface area contributed by atoms with Crippen LogP contribution in [0.2, 0.25) is 0 Å². The molecule has 0 saturated carbocycles. The van der Waals surface area contributed by atoms with Crippen molar-refractivity contribution in [1.29, 1.82) is 0 Å². The molecule has 0 aliphatic rings. The van der Waals surface area contributed by atoms with Crippen LogP contribution in [0.15, 0.2) is 42.5 Å². The number of ether oxygens (including phenoxy) is 1. The van der Waals surface area contributed by atoms with E-state index in [1.165, 1.54) is 0 Å². The second-order valence-corrected chi connectivity index (χ2v) is 6.25. The first-order chi connectivity index (χ1) is 12.4. The second kappa shape index (κ2) is 7.04. The molecule has 0 amide bonds. The number of carboxylic acid groups (broad SMARTS) is 1. The number of hydrogen-bond acceptors (Lipinski definition) is 3. The van der Waals surface area contributed by atoms with Crippen LogP contribution in [-0.2, 0) is 11.2 Å². The molecular weight excluding hydrogens is 330 g/mol. The molecule has 5 heteroatoms. The number of aliphatic carboxylic acids is 1. The van der Waals surface area contributed by atoms with Crippen LogP contribution < -0.4 is 4.74 Å². The standard InChI is InChI=1S/C21H21NO4/c1-4-26-16-9-10-19-18(11-16)17(12-20(23)24)14(3)22(19)21(25)15-7-5-13(2)6-8-15/h5-11H,4,12H2,1-3H3,(H,23,24). The van der Waals surface area contributed by atoms with E-state index in [0.717, 1.165) is 10.9 Å². The highest BCUT2D eigenvalue weighted by atomic mass is 16.5. The zero-order valence-electron chi connectivity index (χ0n) is 15.1. The van der Waals surface area contributed by atoms with Crippen molar-refractivity contribution >= 4 is 22.8 Å². The molecular formula is C21H21NO4. The van der Waals surface area contributed by atoms with Crippen LogP contribution in [0.3, 0.4) is 0 Å². The molecule has 134 valence electrons. The van der Waals surface area contributed by atoms with Crippen molar-refractivity contribution < 1.29 is 19.4 Å². The Balaban J connectivity index is 2.21. The Morgan fingerprint density at radius 2 is 1.77 bits per heavy atom. The zero-order chi connectivity index (χ0) is 18.8. The van der Waals surface area contributed by atoms with E-state index in [2.05, 4.69) is 0 Å². The minimum absolute atomic E-state index is 0.147. The van der Waals surface area contributed by atoms with Gasteiger partial charge in [0.05, 0.1) is 18.5 Å². The largest absolute Gasteiger partial charge is 0.494 e.